The van der Waals surface area contributed by atoms with Crippen LogP contribution in [0.5, 0.6) is 0 Å². The summed E-state index contributed by atoms with van der Waals surface area (Å²) in [5, 5.41) is 21.7. The van der Waals surface area contributed by atoms with Gasteiger partial charge in [0.2, 0.25) is 0 Å². The van der Waals surface area contributed by atoms with Gasteiger partial charge in [0.1, 0.15) is 0 Å². The topological polar surface area (TPSA) is 104 Å². The first-order chi connectivity index (χ1) is 14.7. The van der Waals surface area contributed by atoms with E-state index in [9.17, 15) is 23.6 Å². The first kappa shape index (κ1) is 23.2. The van der Waals surface area contributed by atoms with Crippen molar-refractivity contribution < 1.29 is 18.4 Å². The Bertz CT molecular complexity index is 985. The van der Waals surface area contributed by atoms with E-state index in [1.165, 1.54) is 28.6 Å². The largest absolute Gasteiger partial charge is 0.390 e. The molecule has 31 heavy (non-hydrogen) atoms. The number of aliphatic hydroxyl groups excluding tert-OH is 1. The Morgan fingerprint density at radius 2 is 1.71 bits per heavy atom. The van der Waals surface area contributed by atoms with E-state index in [4.69, 9.17) is 0 Å². The number of aliphatic hydroxyl groups is 1. The second kappa shape index (κ2) is 9.76. The van der Waals surface area contributed by atoms with Crippen LogP contribution in [0.2, 0.25) is 0 Å². The highest BCUT2D eigenvalue weighted by atomic mass is 32.2. The van der Waals surface area contributed by atoms with Crippen molar-refractivity contribution in [3.8, 4) is 0 Å². The molecule has 0 saturated carbocycles. The summed E-state index contributed by atoms with van der Waals surface area (Å²) in [7, 11) is -4.02. The number of rotatable bonds is 8. The minimum Gasteiger partial charge on any atom is -0.390 e. The van der Waals surface area contributed by atoms with Crippen LogP contribution in [0.25, 0.3) is 0 Å². The summed E-state index contributed by atoms with van der Waals surface area (Å²) in [4.78, 5) is 12.4. The Kier molecular flexibility index (Phi) is 7.30. The van der Waals surface area contributed by atoms with Crippen molar-refractivity contribution in [2.24, 2.45) is 5.92 Å². The van der Waals surface area contributed by atoms with Crippen molar-refractivity contribution in [2.75, 3.05) is 30.5 Å². The Balaban J connectivity index is 1.85. The number of nitro groups is 1. The number of nitro benzene ring substituents is 1. The minimum absolute atomic E-state index is 0.0577. The maximum absolute atomic E-state index is 13.4. The molecule has 2 aromatic rings. The molecular weight excluding hydrogens is 418 g/mol. The van der Waals surface area contributed by atoms with Crippen LogP contribution in [0.3, 0.4) is 0 Å². The average Bonchev–Trinajstić information content (AvgIpc) is 2.74. The van der Waals surface area contributed by atoms with Crippen molar-refractivity contribution in [3.63, 3.8) is 0 Å². The molecule has 3 rings (SSSR count). The number of non-ortho nitro benzene ring substituents is 1. The fourth-order valence-electron chi connectivity index (χ4n) is 3.71. The van der Waals surface area contributed by atoms with Gasteiger partial charge in [0, 0.05) is 18.7 Å². The predicted octanol–water partition coefficient (Wildman–Crippen LogP) is 3.19. The van der Waals surface area contributed by atoms with E-state index >= 15 is 0 Å². The lowest BCUT2D eigenvalue weighted by Crippen LogP contribution is -2.44. The van der Waals surface area contributed by atoms with Crippen molar-refractivity contribution in [2.45, 2.75) is 37.7 Å². The van der Waals surface area contributed by atoms with Gasteiger partial charge in [-0.2, -0.15) is 0 Å². The monoisotopic (exact) mass is 447 g/mol. The highest BCUT2D eigenvalue weighted by Gasteiger charge is 2.29. The zero-order chi connectivity index (χ0) is 22.6. The van der Waals surface area contributed by atoms with Crippen LogP contribution in [0.4, 0.5) is 11.4 Å². The molecular formula is C22H29N3O5S. The van der Waals surface area contributed by atoms with Crippen LogP contribution < -0.4 is 4.31 Å². The molecule has 0 amide bonds. The first-order valence-corrected chi connectivity index (χ1v) is 11.8. The molecule has 1 aliphatic heterocycles. The van der Waals surface area contributed by atoms with Gasteiger partial charge in [-0.05, 0) is 63.0 Å². The molecule has 1 N–H and O–H groups in total. The summed E-state index contributed by atoms with van der Waals surface area (Å²) >= 11 is 0. The van der Waals surface area contributed by atoms with E-state index in [0.29, 0.717) is 18.2 Å². The molecule has 8 nitrogen and oxygen atoms in total. The smallest absolute Gasteiger partial charge is 0.269 e. The standard InChI is InChI=1S/C22H29N3O5S/c1-17-3-5-19(6-4-17)24(16-21(26)15-23-13-11-18(2)12-14-23)31(29,30)22-9-7-20(8-10-22)25(27)28/h3-10,18,21,26H,11-16H2,1-2H3. The molecule has 1 unspecified atom stereocenters. The summed E-state index contributed by atoms with van der Waals surface area (Å²) in [5.74, 6) is 0.667. The highest BCUT2D eigenvalue weighted by molar-refractivity contribution is 7.92. The second-order valence-electron chi connectivity index (χ2n) is 8.26. The summed E-state index contributed by atoms with van der Waals surface area (Å²) in [6, 6.07) is 11.8. The second-order valence-corrected chi connectivity index (χ2v) is 10.1. The van der Waals surface area contributed by atoms with E-state index in [-0.39, 0.29) is 17.1 Å². The lowest BCUT2D eigenvalue weighted by molar-refractivity contribution is -0.384. The van der Waals surface area contributed by atoms with E-state index in [2.05, 4.69) is 11.8 Å². The quantitative estimate of drug-likeness (QED) is 0.492. The van der Waals surface area contributed by atoms with Gasteiger partial charge in [0.15, 0.2) is 0 Å². The number of aryl methyl sites for hydroxylation is 1. The minimum atomic E-state index is -4.02. The summed E-state index contributed by atoms with van der Waals surface area (Å²) < 4.78 is 28.0. The zero-order valence-electron chi connectivity index (χ0n) is 17.8. The molecule has 9 heteroatoms. The van der Waals surface area contributed by atoms with E-state index in [1.807, 2.05) is 19.1 Å². The Morgan fingerprint density at radius 3 is 2.26 bits per heavy atom. The van der Waals surface area contributed by atoms with Gasteiger partial charge in [-0.25, -0.2) is 8.42 Å². The van der Waals surface area contributed by atoms with Gasteiger partial charge in [0.25, 0.3) is 15.7 Å². The number of hydrogen-bond acceptors (Lipinski definition) is 6. The molecule has 0 radical (unpaired) electrons. The van der Waals surface area contributed by atoms with Crippen LogP contribution >= 0.6 is 0 Å². The Labute approximate surface area is 183 Å². The number of piperidine rings is 1. The van der Waals surface area contributed by atoms with Crippen LogP contribution in [-0.2, 0) is 10.0 Å². The summed E-state index contributed by atoms with van der Waals surface area (Å²) in [6.07, 6.45) is 1.26. The molecule has 1 heterocycles. The number of β-amino-alcohol motifs (C(OH)–C–C–N with tert-alkyl or cyclic N) is 1. The molecule has 1 atom stereocenters. The molecule has 0 aliphatic carbocycles. The number of nitrogens with zero attached hydrogens (tertiary/aromatic N) is 3. The third kappa shape index (κ3) is 5.81. The maximum Gasteiger partial charge on any atom is 0.269 e. The molecule has 0 aromatic heterocycles. The lowest BCUT2D eigenvalue weighted by atomic mass is 9.99. The van der Waals surface area contributed by atoms with Crippen LogP contribution in [0.15, 0.2) is 53.4 Å². The molecule has 2 aromatic carbocycles. The van der Waals surface area contributed by atoms with Crippen molar-refractivity contribution in [3.05, 3.63) is 64.2 Å². The fraction of sp³-hybridized carbons (Fsp3) is 0.455. The molecule has 1 saturated heterocycles. The molecule has 168 valence electrons. The third-order valence-corrected chi connectivity index (χ3v) is 7.49. The van der Waals surface area contributed by atoms with Crippen molar-refractivity contribution in [1.29, 1.82) is 0 Å². The highest BCUT2D eigenvalue weighted by Crippen LogP contribution is 2.26. The number of likely N-dealkylation sites (tertiary alicyclic amines) is 1. The average molecular weight is 448 g/mol. The normalized spacial score (nSPS) is 16.7. The van der Waals surface area contributed by atoms with Gasteiger partial charge >= 0.3 is 0 Å². The Morgan fingerprint density at radius 1 is 1.13 bits per heavy atom. The Hall–Kier alpha value is -2.49. The first-order valence-electron chi connectivity index (χ1n) is 10.4. The van der Waals surface area contributed by atoms with E-state index < -0.39 is 21.1 Å². The molecule has 0 spiro atoms. The maximum atomic E-state index is 13.4. The van der Waals surface area contributed by atoms with Gasteiger partial charge in [0.05, 0.1) is 28.2 Å². The molecule has 1 aliphatic rings. The predicted molar refractivity (Wildman–Crippen MR) is 120 cm³/mol. The number of sulfonamides is 1. The summed E-state index contributed by atoms with van der Waals surface area (Å²) in [6.45, 7) is 6.18. The van der Waals surface area contributed by atoms with Crippen molar-refractivity contribution in [1.82, 2.24) is 4.90 Å². The fourth-order valence-corrected chi connectivity index (χ4v) is 5.21. The third-order valence-electron chi connectivity index (χ3n) is 5.68. The van der Waals surface area contributed by atoms with Gasteiger partial charge in [-0.1, -0.05) is 24.6 Å². The molecule has 1 fully saturated rings. The van der Waals surface area contributed by atoms with Crippen LogP contribution in [-0.4, -0.2) is 55.6 Å². The molecule has 0 bridgehead atoms. The summed E-state index contributed by atoms with van der Waals surface area (Å²) in [5.41, 5.74) is 1.25. The van der Waals surface area contributed by atoms with E-state index in [0.717, 1.165) is 31.5 Å². The van der Waals surface area contributed by atoms with Crippen molar-refractivity contribution >= 4 is 21.4 Å². The van der Waals surface area contributed by atoms with Crippen LogP contribution in [0, 0.1) is 23.0 Å². The zero-order valence-corrected chi connectivity index (χ0v) is 18.7. The van der Waals surface area contributed by atoms with Gasteiger partial charge in [-0.3, -0.25) is 14.4 Å². The SMILES string of the molecule is Cc1ccc(N(CC(O)CN2CCC(C)CC2)S(=O)(=O)c2ccc([N+](=O)[O-])cc2)cc1. The van der Waals surface area contributed by atoms with E-state index in [1.54, 1.807) is 12.1 Å². The number of anilines is 1. The van der Waals surface area contributed by atoms with Crippen LogP contribution in [0.1, 0.15) is 25.3 Å². The van der Waals surface area contributed by atoms with Gasteiger partial charge in [-0.15, -0.1) is 0 Å². The number of benzene rings is 2. The van der Waals surface area contributed by atoms with Gasteiger partial charge < -0.3 is 10.0 Å². The lowest BCUT2D eigenvalue weighted by Gasteiger charge is -2.33. The number of hydrogen-bond donors (Lipinski definition) is 1.